The molecule has 0 aliphatic rings. The summed E-state index contributed by atoms with van der Waals surface area (Å²) >= 11 is 6.17. The van der Waals surface area contributed by atoms with Gasteiger partial charge in [-0.15, -0.1) is 0 Å². The van der Waals surface area contributed by atoms with Gasteiger partial charge in [-0.25, -0.2) is 4.98 Å². The van der Waals surface area contributed by atoms with Gasteiger partial charge < -0.3 is 5.32 Å². The summed E-state index contributed by atoms with van der Waals surface area (Å²) in [4.78, 5) is 16.1. The molecule has 7 heteroatoms. The van der Waals surface area contributed by atoms with Gasteiger partial charge in [0.1, 0.15) is 5.03 Å². The Hall–Kier alpha value is -1.66. The average molecular weight is 343 g/mol. The SMILES string of the molecule is CC(NC(=O)c1cccnc1SC(F)F)c1cccc(Cl)c1. The number of nitrogens with zero attached hydrogens (tertiary/aromatic N) is 1. The molecular weight excluding hydrogens is 330 g/mol. The Bertz CT molecular complexity index is 669. The van der Waals surface area contributed by atoms with Crippen LogP contribution >= 0.6 is 23.4 Å². The minimum Gasteiger partial charge on any atom is -0.345 e. The van der Waals surface area contributed by atoms with E-state index in [9.17, 15) is 13.6 Å². The smallest absolute Gasteiger partial charge is 0.290 e. The number of pyridine rings is 1. The number of carbonyl (C=O) groups excluding carboxylic acids is 1. The second-order valence-corrected chi connectivity index (χ2v) is 5.90. The average Bonchev–Trinajstić information content (AvgIpc) is 2.47. The van der Waals surface area contributed by atoms with E-state index in [0.29, 0.717) is 5.02 Å². The highest BCUT2D eigenvalue weighted by Gasteiger charge is 2.18. The van der Waals surface area contributed by atoms with Crippen molar-refractivity contribution in [1.82, 2.24) is 10.3 Å². The molecule has 1 amide bonds. The normalized spacial score (nSPS) is 12.2. The third kappa shape index (κ3) is 4.42. The third-order valence-corrected chi connectivity index (χ3v) is 3.87. The number of nitrogens with one attached hydrogen (secondary N) is 1. The van der Waals surface area contributed by atoms with Crippen LogP contribution in [0, 0.1) is 0 Å². The zero-order chi connectivity index (χ0) is 16.1. The molecule has 22 heavy (non-hydrogen) atoms. The van der Waals surface area contributed by atoms with E-state index in [4.69, 9.17) is 11.6 Å². The highest BCUT2D eigenvalue weighted by atomic mass is 35.5. The summed E-state index contributed by atoms with van der Waals surface area (Å²) in [5.74, 6) is -3.09. The lowest BCUT2D eigenvalue weighted by molar-refractivity contribution is 0.0936. The summed E-state index contributed by atoms with van der Waals surface area (Å²) < 4.78 is 25.0. The molecule has 0 aliphatic heterocycles. The number of carbonyl (C=O) groups is 1. The highest BCUT2D eigenvalue weighted by molar-refractivity contribution is 7.99. The molecule has 2 rings (SSSR count). The van der Waals surface area contributed by atoms with Gasteiger partial charge in [-0.1, -0.05) is 23.7 Å². The van der Waals surface area contributed by atoms with Crippen molar-refractivity contribution < 1.29 is 13.6 Å². The van der Waals surface area contributed by atoms with Crippen LogP contribution in [0.3, 0.4) is 0 Å². The highest BCUT2D eigenvalue weighted by Crippen LogP contribution is 2.26. The Morgan fingerprint density at radius 1 is 1.32 bits per heavy atom. The first-order valence-electron chi connectivity index (χ1n) is 6.43. The summed E-state index contributed by atoms with van der Waals surface area (Å²) in [7, 11) is 0. The van der Waals surface area contributed by atoms with Crippen LogP contribution in [0.1, 0.15) is 28.9 Å². The maximum atomic E-state index is 12.5. The molecule has 116 valence electrons. The topological polar surface area (TPSA) is 42.0 Å². The quantitative estimate of drug-likeness (QED) is 0.811. The molecule has 0 aliphatic carbocycles. The lowest BCUT2D eigenvalue weighted by atomic mass is 10.1. The van der Waals surface area contributed by atoms with E-state index in [0.717, 1.165) is 5.56 Å². The summed E-state index contributed by atoms with van der Waals surface area (Å²) in [5, 5.41) is 3.33. The van der Waals surface area contributed by atoms with E-state index >= 15 is 0 Å². The van der Waals surface area contributed by atoms with Crippen LogP contribution in [-0.4, -0.2) is 16.6 Å². The molecule has 0 fully saturated rings. The molecule has 3 nitrogen and oxygen atoms in total. The van der Waals surface area contributed by atoms with E-state index in [1.54, 1.807) is 25.1 Å². The molecule has 0 saturated carbocycles. The number of halogens is 3. The van der Waals surface area contributed by atoms with Crippen molar-refractivity contribution in [2.24, 2.45) is 0 Å². The maximum Gasteiger partial charge on any atom is 0.290 e. The number of rotatable bonds is 5. The Morgan fingerprint density at radius 2 is 2.09 bits per heavy atom. The van der Waals surface area contributed by atoms with Gasteiger partial charge in [-0.2, -0.15) is 8.78 Å². The second kappa shape index (κ2) is 7.56. The first-order valence-corrected chi connectivity index (χ1v) is 7.69. The number of thioether (sulfide) groups is 1. The van der Waals surface area contributed by atoms with E-state index in [1.807, 2.05) is 6.07 Å². The molecule has 0 bridgehead atoms. The van der Waals surface area contributed by atoms with Crippen LogP contribution in [-0.2, 0) is 0 Å². The zero-order valence-corrected chi connectivity index (χ0v) is 13.2. The summed E-state index contributed by atoms with van der Waals surface area (Å²) in [6.45, 7) is 1.79. The fourth-order valence-corrected chi connectivity index (χ4v) is 2.65. The number of alkyl halides is 2. The van der Waals surface area contributed by atoms with Crippen molar-refractivity contribution in [2.45, 2.75) is 23.7 Å². The number of aromatic nitrogens is 1. The van der Waals surface area contributed by atoms with Crippen LogP contribution < -0.4 is 5.32 Å². The summed E-state index contributed by atoms with van der Waals surface area (Å²) in [5.41, 5.74) is 0.953. The van der Waals surface area contributed by atoms with Gasteiger partial charge in [0.2, 0.25) is 0 Å². The minimum atomic E-state index is -2.63. The van der Waals surface area contributed by atoms with Gasteiger partial charge in [0.05, 0.1) is 11.6 Å². The number of amides is 1. The molecule has 1 atom stereocenters. The van der Waals surface area contributed by atoms with Crippen molar-refractivity contribution in [1.29, 1.82) is 0 Å². The predicted molar refractivity (Wildman–Crippen MR) is 83.4 cm³/mol. The van der Waals surface area contributed by atoms with Crippen LogP contribution in [0.25, 0.3) is 0 Å². The lowest BCUT2D eigenvalue weighted by Crippen LogP contribution is -2.27. The van der Waals surface area contributed by atoms with Crippen molar-refractivity contribution >= 4 is 29.3 Å². The van der Waals surface area contributed by atoms with E-state index in [-0.39, 0.29) is 28.4 Å². The monoisotopic (exact) mass is 342 g/mol. The van der Waals surface area contributed by atoms with E-state index < -0.39 is 11.7 Å². The Morgan fingerprint density at radius 3 is 2.77 bits per heavy atom. The van der Waals surface area contributed by atoms with Crippen molar-refractivity contribution in [3.8, 4) is 0 Å². The standard InChI is InChI=1S/C15H13ClF2N2OS/c1-9(10-4-2-5-11(16)8-10)20-13(21)12-6-3-7-19-14(12)22-15(17)18/h2-9,15H,1H3,(H,20,21). The first kappa shape index (κ1) is 16.7. The Labute approximate surface area is 136 Å². The molecule has 1 heterocycles. The molecule has 0 radical (unpaired) electrons. The molecule has 1 N–H and O–H groups in total. The van der Waals surface area contributed by atoms with Crippen molar-refractivity contribution in [3.63, 3.8) is 0 Å². The van der Waals surface area contributed by atoms with Gasteiger partial charge in [-0.05, 0) is 48.5 Å². The fraction of sp³-hybridized carbons (Fsp3) is 0.200. The van der Waals surface area contributed by atoms with Crippen molar-refractivity contribution in [2.75, 3.05) is 0 Å². The largest absolute Gasteiger partial charge is 0.345 e. The van der Waals surface area contributed by atoms with Crippen LogP contribution in [0.5, 0.6) is 0 Å². The molecule has 1 unspecified atom stereocenters. The van der Waals surface area contributed by atoms with Gasteiger partial charge in [0.15, 0.2) is 0 Å². The number of benzene rings is 1. The Kier molecular flexibility index (Phi) is 5.74. The summed E-state index contributed by atoms with van der Waals surface area (Å²) in [6, 6.07) is 9.78. The van der Waals surface area contributed by atoms with E-state index in [1.165, 1.54) is 18.3 Å². The zero-order valence-electron chi connectivity index (χ0n) is 11.6. The van der Waals surface area contributed by atoms with Gasteiger partial charge in [-0.3, -0.25) is 4.79 Å². The second-order valence-electron chi connectivity index (χ2n) is 4.48. The third-order valence-electron chi connectivity index (χ3n) is 2.91. The van der Waals surface area contributed by atoms with Crippen molar-refractivity contribution in [3.05, 3.63) is 58.7 Å². The fourth-order valence-electron chi connectivity index (χ4n) is 1.88. The van der Waals surface area contributed by atoms with Crippen LogP contribution in [0.4, 0.5) is 8.78 Å². The maximum absolute atomic E-state index is 12.5. The molecule has 0 spiro atoms. The van der Waals surface area contributed by atoms with Crippen LogP contribution in [0.15, 0.2) is 47.6 Å². The molecule has 0 saturated heterocycles. The van der Waals surface area contributed by atoms with Gasteiger partial charge in [0, 0.05) is 11.2 Å². The number of hydrogen-bond donors (Lipinski definition) is 1. The summed E-state index contributed by atoms with van der Waals surface area (Å²) in [6.07, 6.45) is 1.38. The first-order chi connectivity index (χ1) is 10.5. The van der Waals surface area contributed by atoms with Gasteiger partial charge in [0.25, 0.3) is 11.7 Å². The molecule has 1 aromatic carbocycles. The predicted octanol–water partition coefficient (Wildman–Crippen LogP) is 4.54. The molecule has 2 aromatic rings. The molecule has 1 aromatic heterocycles. The van der Waals surface area contributed by atoms with Crippen LogP contribution in [0.2, 0.25) is 5.02 Å². The number of hydrogen-bond acceptors (Lipinski definition) is 3. The van der Waals surface area contributed by atoms with E-state index in [2.05, 4.69) is 10.3 Å². The Balaban J connectivity index is 2.15. The van der Waals surface area contributed by atoms with Gasteiger partial charge >= 0.3 is 0 Å². The lowest BCUT2D eigenvalue weighted by Gasteiger charge is -2.15. The minimum absolute atomic E-state index is 0.00768. The molecular formula is C15H13ClF2N2OS.